The molecule has 24 heavy (non-hydrogen) atoms. The number of rotatable bonds is 2. The monoisotopic (exact) mass is 323 g/mol. The zero-order valence-electron chi connectivity index (χ0n) is 13.6. The number of H-pyrrole nitrogens is 1. The second kappa shape index (κ2) is 5.44. The van der Waals surface area contributed by atoms with Gasteiger partial charge in [-0.3, -0.25) is 4.79 Å². The normalized spacial score (nSPS) is 19.3. The summed E-state index contributed by atoms with van der Waals surface area (Å²) in [5, 5.41) is 11.4. The zero-order valence-corrected chi connectivity index (χ0v) is 13.6. The van der Waals surface area contributed by atoms with Crippen LogP contribution in [0.25, 0.3) is 10.8 Å². The lowest BCUT2D eigenvalue weighted by molar-refractivity contribution is 0.585. The van der Waals surface area contributed by atoms with Crippen LogP contribution in [0.2, 0.25) is 0 Å². The second-order valence-corrected chi connectivity index (χ2v) is 6.31. The molecule has 0 saturated heterocycles. The van der Waals surface area contributed by atoms with Gasteiger partial charge in [0, 0.05) is 23.0 Å². The first-order valence-corrected chi connectivity index (χ1v) is 8.14. The Bertz CT molecular complexity index is 996. The third-order valence-corrected chi connectivity index (χ3v) is 4.88. The van der Waals surface area contributed by atoms with Gasteiger partial charge < -0.3 is 5.32 Å². The third kappa shape index (κ3) is 2.12. The van der Waals surface area contributed by atoms with Gasteiger partial charge in [-0.05, 0) is 36.6 Å². The van der Waals surface area contributed by atoms with E-state index in [4.69, 9.17) is 0 Å². The van der Waals surface area contributed by atoms with Crippen LogP contribution in [0, 0.1) is 12.7 Å². The Morgan fingerprint density at radius 3 is 2.79 bits per heavy atom. The fraction of sp³-hybridized carbons (Fsp3) is 0.263. The van der Waals surface area contributed by atoms with Crippen LogP contribution in [0.4, 0.5) is 10.1 Å². The molecule has 2 atom stereocenters. The Balaban J connectivity index is 2.07. The van der Waals surface area contributed by atoms with Gasteiger partial charge in [0.05, 0.1) is 11.1 Å². The molecule has 0 unspecified atom stereocenters. The van der Waals surface area contributed by atoms with E-state index in [0.717, 1.165) is 17.5 Å². The first-order chi connectivity index (χ1) is 11.6. The smallest absolute Gasteiger partial charge is 0.272 e. The molecule has 0 amide bonds. The van der Waals surface area contributed by atoms with Gasteiger partial charge in [-0.25, -0.2) is 9.49 Å². The molecule has 2 aromatic carbocycles. The van der Waals surface area contributed by atoms with Crippen molar-refractivity contribution in [3.63, 3.8) is 0 Å². The summed E-state index contributed by atoms with van der Waals surface area (Å²) in [6.45, 7) is 4.17. The summed E-state index contributed by atoms with van der Waals surface area (Å²) < 4.78 is 13.9. The largest absolute Gasteiger partial charge is 0.381 e. The van der Waals surface area contributed by atoms with E-state index in [1.807, 2.05) is 12.1 Å². The Morgan fingerprint density at radius 1 is 1.25 bits per heavy atom. The summed E-state index contributed by atoms with van der Waals surface area (Å²) in [6, 6.07) is 11.0. The SMILES string of the molecule is CC[C@H]1Nc2cc(F)cc3c(=O)[nH]nc(c23)[C@@H]1c1ccccc1C. The highest BCUT2D eigenvalue weighted by atomic mass is 19.1. The Morgan fingerprint density at radius 2 is 2.04 bits per heavy atom. The van der Waals surface area contributed by atoms with Crippen molar-refractivity contribution in [3.8, 4) is 0 Å². The van der Waals surface area contributed by atoms with Crippen molar-refractivity contribution < 1.29 is 4.39 Å². The van der Waals surface area contributed by atoms with Gasteiger partial charge in [-0.2, -0.15) is 5.10 Å². The summed E-state index contributed by atoms with van der Waals surface area (Å²) in [4.78, 5) is 12.1. The maximum Gasteiger partial charge on any atom is 0.272 e. The van der Waals surface area contributed by atoms with E-state index in [2.05, 4.69) is 41.5 Å². The number of aryl methyl sites for hydroxylation is 1. The summed E-state index contributed by atoms with van der Waals surface area (Å²) in [5.41, 5.74) is 3.44. The minimum absolute atomic E-state index is 0.00788. The number of hydrogen-bond acceptors (Lipinski definition) is 3. The van der Waals surface area contributed by atoms with Crippen LogP contribution < -0.4 is 10.9 Å². The molecule has 0 aliphatic carbocycles. The number of benzene rings is 2. The molecule has 0 saturated carbocycles. The predicted octanol–water partition coefficient (Wildman–Crippen LogP) is 3.71. The first-order valence-electron chi connectivity index (χ1n) is 8.14. The molecule has 0 spiro atoms. The lowest BCUT2D eigenvalue weighted by Crippen LogP contribution is -2.34. The van der Waals surface area contributed by atoms with Crippen LogP contribution >= 0.6 is 0 Å². The van der Waals surface area contributed by atoms with E-state index < -0.39 is 5.82 Å². The van der Waals surface area contributed by atoms with Crippen LogP contribution in [-0.2, 0) is 0 Å². The topological polar surface area (TPSA) is 57.8 Å². The zero-order chi connectivity index (χ0) is 16.8. The fourth-order valence-corrected chi connectivity index (χ4v) is 3.74. The summed E-state index contributed by atoms with van der Waals surface area (Å²) in [5.74, 6) is -0.412. The van der Waals surface area contributed by atoms with Crippen LogP contribution in [-0.4, -0.2) is 16.2 Å². The van der Waals surface area contributed by atoms with Crippen molar-refractivity contribution in [1.82, 2.24) is 10.2 Å². The quantitative estimate of drug-likeness (QED) is 0.756. The lowest BCUT2D eigenvalue weighted by Gasteiger charge is -2.34. The predicted molar refractivity (Wildman–Crippen MR) is 93.0 cm³/mol. The second-order valence-electron chi connectivity index (χ2n) is 6.31. The van der Waals surface area contributed by atoms with E-state index in [9.17, 15) is 9.18 Å². The minimum Gasteiger partial charge on any atom is -0.381 e. The Labute approximate surface area is 138 Å². The van der Waals surface area contributed by atoms with Gasteiger partial charge in [0.25, 0.3) is 5.56 Å². The molecule has 4 nitrogen and oxygen atoms in total. The highest BCUT2D eigenvalue weighted by Crippen LogP contribution is 2.41. The molecule has 0 fully saturated rings. The molecule has 0 radical (unpaired) electrons. The number of aromatic nitrogens is 2. The van der Waals surface area contributed by atoms with E-state index in [1.54, 1.807) is 0 Å². The Kier molecular flexibility index (Phi) is 3.37. The molecule has 3 aromatic rings. The van der Waals surface area contributed by atoms with Crippen LogP contribution in [0.15, 0.2) is 41.2 Å². The van der Waals surface area contributed by atoms with E-state index in [1.165, 1.54) is 23.3 Å². The van der Waals surface area contributed by atoms with Crippen LogP contribution in [0.1, 0.15) is 36.1 Å². The fourth-order valence-electron chi connectivity index (χ4n) is 3.74. The molecule has 5 heteroatoms. The van der Waals surface area contributed by atoms with Crippen molar-refractivity contribution in [2.45, 2.75) is 32.2 Å². The molecule has 0 bridgehead atoms. The molecule has 2 N–H and O–H groups in total. The van der Waals surface area contributed by atoms with Crippen molar-refractivity contribution in [3.05, 3.63) is 69.4 Å². The van der Waals surface area contributed by atoms with Crippen molar-refractivity contribution in [2.24, 2.45) is 0 Å². The third-order valence-electron chi connectivity index (χ3n) is 4.88. The molecule has 2 heterocycles. The molecule has 1 aromatic heterocycles. The van der Waals surface area contributed by atoms with Gasteiger partial charge in [-0.15, -0.1) is 0 Å². The standard InChI is InChI=1S/C19H18FN3O/c1-3-14-16(12-7-5-4-6-10(12)2)18-17-13(19(24)23-22-18)8-11(20)9-15(17)21-14/h4-9,14,16,21H,3H2,1-2H3,(H,23,24)/t14-,16-/m1/s1. The summed E-state index contributed by atoms with van der Waals surface area (Å²) in [6.07, 6.45) is 0.858. The highest BCUT2D eigenvalue weighted by molar-refractivity contribution is 5.97. The molecule has 122 valence electrons. The molecular formula is C19H18FN3O. The van der Waals surface area contributed by atoms with Gasteiger partial charge in [0.1, 0.15) is 5.82 Å². The molecule has 4 rings (SSSR count). The number of halogens is 1. The molecular weight excluding hydrogens is 305 g/mol. The molecule has 1 aliphatic rings. The lowest BCUT2D eigenvalue weighted by atomic mass is 9.80. The van der Waals surface area contributed by atoms with E-state index >= 15 is 0 Å². The van der Waals surface area contributed by atoms with Gasteiger partial charge >= 0.3 is 0 Å². The van der Waals surface area contributed by atoms with Gasteiger partial charge in [0.15, 0.2) is 0 Å². The number of anilines is 1. The maximum atomic E-state index is 13.9. The number of nitrogens with one attached hydrogen (secondary N) is 2. The molecule has 1 aliphatic heterocycles. The number of aromatic amines is 1. The minimum atomic E-state index is -0.420. The van der Waals surface area contributed by atoms with Crippen molar-refractivity contribution in [1.29, 1.82) is 0 Å². The highest BCUT2D eigenvalue weighted by Gasteiger charge is 2.33. The van der Waals surface area contributed by atoms with Gasteiger partial charge in [-0.1, -0.05) is 31.2 Å². The first kappa shape index (κ1) is 14.9. The Hall–Kier alpha value is -2.69. The van der Waals surface area contributed by atoms with E-state index in [-0.39, 0.29) is 17.5 Å². The average Bonchev–Trinajstić information content (AvgIpc) is 2.57. The maximum absolute atomic E-state index is 13.9. The van der Waals surface area contributed by atoms with Crippen LogP contribution in [0.5, 0.6) is 0 Å². The van der Waals surface area contributed by atoms with Crippen molar-refractivity contribution in [2.75, 3.05) is 5.32 Å². The summed E-state index contributed by atoms with van der Waals surface area (Å²) >= 11 is 0. The van der Waals surface area contributed by atoms with Crippen LogP contribution in [0.3, 0.4) is 0 Å². The summed E-state index contributed by atoms with van der Waals surface area (Å²) in [7, 11) is 0. The number of nitrogens with zero attached hydrogens (tertiary/aromatic N) is 1. The number of hydrogen-bond donors (Lipinski definition) is 2. The van der Waals surface area contributed by atoms with Crippen molar-refractivity contribution >= 4 is 16.5 Å². The van der Waals surface area contributed by atoms with E-state index in [0.29, 0.717) is 11.1 Å². The van der Waals surface area contributed by atoms with Gasteiger partial charge in [0.2, 0.25) is 0 Å². The average molecular weight is 323 g/mol.